The SMILES string of the molecule is COc1cc(OC)c(C(C)CC(=O)Nc2ccc(OC)c(N/C=C/C(=O)c3cc(OC)c(OC)c(OC)c3Cl)c2)c(OC)c1. The zero-order valence-corrected chi connectivity index (χ0v) is 26.7. The average Bonchev–Trinajstić information content (AvgIpc) is 3.03. The molecule has 0 heterocycles. The predicted molar refractivity (Wildman–Crippen MR) is 169 cm³/mol. The zero-order chi connectivity index (χ0) is 32.4. The number of methoxy groups -OCH3 is 7. The summed E-state index contributed by atoms with van der Waals surface area (Å²) >= 11 is 6.44. The van der Waals surface area contributed by atoms with Gasteiger partial charge < -0.3 is 43.8 Å². The molecular weight excluding hydrogens is 592 g/mol. The summed E-state index contributed by atoms with van der Waals surface area (Å²) in [5.41, 5.74) is 1.94. The first-order chi connectivity index (χ1) is 21.1. The van der Waals surface area contributed by atoms with Crippen molar-refractivity contribution in [3.63, 3.8) is 0 Å². The normalized spacial score (nSPS) is 11.4. The van der Waals surface area contributed by atoms with Crippen LogP contribution in [0.2, 0.25) is 5.02 Å². The van der Waals surface area contributed by atoms with Crippen molar-refractivity contribution in [2.45, 2.75) is 19.3 Å². The summed E-state index contributed by atoms with van der Waals surface area (Å²) in [6.07, 6.45) is 2.89. The molecule has 0 aromatic heterocycles. The fraction of sp³-hybridized carbons (Fsp3) is 0.312. The Morgan fingerprint density at radius 1 is 0.773 bits per heavy atom. The maximum atomic E-state index is 13.1. The summed E-state index contributed by atoms with van der Waals surface area (Å²) in [6.45, 7) is 1.91. The average molecular weight is 629 g/mol. The van der Waals surface area contributed by atoms with Gasteiger partial charge in [0.2, 0.25) is 11.7 Å². The van der Waals surface area contributed by atoms with Gasteiger partial charge in [0.25, 0.3) is 0 Å². The van der Waals surface area contributed by atoms with Crippen LogP contribution in [-0.2, 0) is 4.79 Å². The van der Waals surface area contributed by atoms with E-state index in [2.05, 4.69) is 10.6 Å². The number of ketones is 1. The van der Waals surface area contributed by atoms with E-state index in [0.29, 0.717) is 40.1 Å². The molecule has 2 N–H and O–H groups in total. The molecule has 1 unspecified atom stereocenters. The summed E-state index contributed by atoms with van der Waals surface area (Å²) in [6, 6.07) is 10.1. The second-order valence-corrected chi connectivity index (χ2v) is 9.74. The van der Waals surface area contributed by atoms with E-state index < -0.39 is 5.78 Å². The van der Waals surface area contributed by atoms with E-state index in [1.165, 1.54) is 46.8 Å². The fourth-order valence-electron chi connectivity index (χ4n) is 4.61. The van der Waals surface area contributed by atoms with Crippen LogP contribution in [0.25, 0.3) is 0 Å². The van der Waals surface area contributed by atoms with Gasteiger partial charge in [-0.1, -0.05) is 18.5 Å². The van der Waals surface area contributed by atoms with Crippen molar-refractivity contribution in [1.82, 2.24) is 0 Å². The minimum atomic E-state index is -0.413. The highest BCUT2D eigenvalue weighted by molar-refractivity contribution is 6.36. The highest BCUT2D eigenvalue weighted by atomic mass is 35.5. The molecule has 0 saturated carbocycles. The number of anilines is 2. The Kier molecular flexibility index (Phi) is 12.0. The number of allylic oxidation sites excluding steroid dienone is 1. The number of hydrogen-bond donors (Lipinski definition) is 2. The van der Waals surface area contributed by atoms with Gasteiger partial charge in [0, 0.05) is 47.6 Å². The van der Waals surface area contributed by atoms with Gasteiger partial charge in [0.1, 0.15) is 23.0 Å². The minimum Gasteiger partial charge on any atom is -0.496 e. The van der Waals surface area contributed by atoms with Crippen molar-refractivity contribution in [3.8, 4) is 40.2 Å². The number of halogens is 1. The van der Waals surface area contributed by atoms with E-state index in [1.54, 1.807) is 51.7 Å². The Hall–Kier alpha value is -4.77. The van der Waals surface area contributed by atoms with Crippen LogP contribution < -0.4 is 43.8 Å². The Morgan fingerprint density at radius 2 is 1.39 bits per heavy atom. The molecule has 0 fully saturated rings. The van der Waals surface area contributed by atoms with Crippen LogP contribution in [0.15, 0.2) is 48.7 Å². The summed E-state index contributed by atoms with van der Waals surface area (Å²) in [4.78, 5) is 26.1. The van der Waals surface area contributed by atoms with Crippen molar-refractivity contribution >= 4 is 34.7 Å². The fourth-order valence-corrected chi connectivity index (χ4v) is 4.92. The predicted octanol–water partition coefficient (Wildman–Crippen LogP) is 6.34. The van der Waals surface area contributed by atoms with E-state index in [1.807, 2.05) is 6.92 Å². The molecule has 0 aliphatic heterocycles. The van der Waals surface area contributed by atoms with E-state index in [9.17, 15) is 9.59 Å². The van der Waals surface area contributed by atoms with Crippen molar-refractivity contribution in [2.75, 3.05) is 60.4 Å². The molecule has 0 aliphatic carbocycles. The van der Waals surface area contributed by atoms with Crippen molar-refractivity contribution in [3.05, 3.63) is 64.8 Å². The Morgan fingerprint density at radius 3 is 1.93 bits per heavy atom. The van der Waals surface area contributed by atoms with Crippen molar-refractivity contribution in [1.29, 1.82) is 0 Å². The molecule has 3 aromatic carbocycles. The number of amides is 1. The van der Waals surface area contributed by atoms with Crippen LogP contribution in [0.5, 0.6) is 40.2 Å². The quantitative estimate of drug-likeness (QED) is 0.146. The lowest BCUT2D eigenvalue weighted by molar-refractivity contribution is -0.116. The van der Waals surface area contributed by atoms with Crippen molar-refractivity contribution in [2.24, 2.45) is 0 Å². The number of benzene rings is 3. The Bertz CT molecular complexity index is 1500. The standard InChI is InChI=1S/C32H37ClN2O9/c1-18(29-25(40-4)15-20(38-2)16-26(29)41-5)13-28(37)35-19-9-10-24(39-3)22(14-19)34-12-11-23(36)21-17-27(42-6)31(43-7)32(44-8)30(21)33/h9-12,14-18,34H,13H2,1-8H3,(H,35,37)/b12-11+. The molecule has 0 bridgehead atoms. The largest absolute Gasteiger partial charge is 0.496 e. The number of carbonyl (C=O) groups is 2. The topological polar surface area (TPSA) is 123 Å². The number of rotatable bonds is 15. The summed E-state index contributed by atoms with van der Waals surface area (Å²) in [5.74, 6) is 2.07. The molecule has 1 amide bonds. The maximum absolute atomic E-state index is 13.1. The van der Waals surface area contributed by atoms with Crippen LogP contribution in [-0.4, -0.2) is 61.5 Å². The smallest absolute Gasteiger partial charge is 0.224 e. The Labute approximate surface area is 261 Å². The van der Waals surface area contributed by atoms with E-state index in [-0.39, 0.29) is 40.3 Å². The molecular formula is C32H37ClN2O9. The maximum Gasteiger partial charge on any atom is 0.224 e. The van der Waals surface area contributed by atoms with Crippen LogP contribution in [0.3, 0.4) is 0 Å². The number of hydrogen-bond acceptors (Lipinski definition) is 10. The number of carbonyl (C=O) groups excluding carboxylic acids is 2. The lowest BCUT2D eigenvalue weighted by Crippen LogP contribution is -2.15. The van der Waals surface area contributed by atoms with Gasteiger partial charge in [0.15, 0.2) is 17.3 Å². The number of nitrogens with one attached hydrogen (secondary N) is 2. The second kappa shape index (κ2) is 15.6. The van der Waals surface area contributed by atoms with Crippen LogP contribution in [0.4, 0.5) is 11.4 Å². The van der Waals surface area contributed by atoms with Gasteiger partial charge in [0.05, 0.1) is 60.5 Å². The van der Waals surface area contributed by atoms with Crippen LogP contribution in [0.1, 0.15) is 35.2 Å². The third-order valence-corrected chi connectivity index (χ3v) is 7.10. The van der Waals surface area contributed by atoms with Gasteiger partial charge in [-0.2, -0.15) is 0 Å². The first-order valence-corrected chi connectivity index (χ1v) is 13.8. The highest BCUT2D eigenvalue weighted by Gasteiger charge is 2.23. The molecule has 0 aliphatic rings. The van der Waals surface area contributed by atoms with E-state index in [4.69, 9.17) is 44.8 Å². The first-order valence-electron chi connectivity index (χ1n) is 13.4. The van der Waals surface area contributed by atoms with Gasteiger partial charge in [-0.25, -0.2) is 0 Å². The summed E-state index contributed by atoms with van der Waals surface area (Å²) in [5, 5.41) is 6.03. The summed E-state index contributed by atoms with van der Waals surface area (Å²) in [7, 11) is 10.5. The molecule has 3 rings (SSSR count). The molecule has 12 heteroatoms. The lowest BCUT2D eigenvalue weighted by Gasteiger charge is -2.20. The molecule has 0 spiro atoms. The molecule has 0 radical (unpaired) electrons. The second-order valence-electron chi connectivity index (χ2n) is 9.36. The van der Waals surface area contributed by atoms with E-state index in [0.717, 1.165) is 5.56 Å². The molecule has 1 atom stereocenters. The highest BCUT2D eigenvalue weighted by Crippen LogP contribution is 2.45. The van der Waals surface area contributed by atoms with Gasteiger partial charge >= 0.3 is 0 Å². The van der Waals surface area contributed by atoms with Crippen LogP contribution in [0, 0.1) is 0 Å². The van der Waals surface area contributed by atoms with Crippen molar-refractivity contribution < 1.29 is 42.7 Å². The molecule has 44 heavy (non-hydrogen) atoms. The molecule has 11 nitrogen and oxygen atoms in total. The molecule has 236 valence electrons. The molecule has 3 aromatic rings. The third kappa shape index (κ3) is 7.59. The van der Waals surface area contributed by atoms with Gasteiger partial charge in [-0.15, -0.1) is 0 Å². The van der Waals surface area contributed by atoms with E-state index >= 15 is 0 Å². The lowest BCUT2D eigenvalue weighted by atomic mass is 9.95. The first kappa shape index (κ1) is 33.7. The zero-order valence-electron chi connectivity index (χ0n) is 26.0. The Balaban J connectivity index is 1.77. The van der Waals surface area contributed by atoms with Gasteiger partial charge in [-0.3, -0.25) is 9.59 Å². The van der Waals surface area contributed by atoms with Gasteiger partial charge in [-0.05, 0) is 30.2 Å². The number of ether oxygens (including phenoxy) is 7. The summed E-state index contributed by atoms with van der Waals surface area (Å²) < 4.78 is 37.8. The van der Waals surface area contributed by atoms with Crippen LogP contribution >= 0.6 is 11.6 Å². The monoisotopic (exact) mass is 628 g/mol. The molecule has 0 saturated heterocycles. The third-order valence-electron chi connectivity index (χ3n) is 6.73. The minimum absolute atomic E-state index is 0.0844.